The topological polar surface area (TPSA) is 149 Å². The Morgan fingerprint density at radius 1 is 1.52 bits per heavy atom. The predicted octanol–water partition coefficient (Wildman–Crippen LogP) is -0.587. The number of aromatic carboxylic acids is 1. The Morgan fingerprint density at radius 3 is 2.86 bits per heavy atom. The van der Waals surface area contributed by atoms with Crippen LogP contribution >= 0.6 is 0 Å². The average molecular weight is 294 g/mol. The van der Waals surface area contributed by atoms with Crippen LogP contribution in [0, 0.1) is 6.92 Å². The van der Waals surface area contributed by atoms with Crippen LogP contribution in [0.25, 0.3) is 0 Å². The lowest BCUT2D eigenvalue weighted by Gasteiger charge is -2.05. The van der Waals surface area contributed by atoms with Gasteiger partial charge in [0.25, 0.3) is 0 Å². The first-order chi connectivity index (χ1) is 10.0. The van der Waals surface area contributed by atoms with Crippen molar-refractivity contribution in [3.63, 3.8) is 0 Å². The van der Waals surface area contributed by atoms with Gasteiger partial charge in [-0.05, 0) is 13.5 Å². The number of hydrogen-bond acceptors (Lipinski definition) is 7. The molecule has 0 saturated carbocycles. The molecule has 21 heavy (non-hydrogen) atoms. The van der Waals surface area contributed by atoms with Gasteiger partial charge in [0.2, 0.25) is 5.91 Å². The van der Waals surface area contributed by atoms with Crippen LogP contribution in [0.5, 0.6) is 0 Å². The maximum Gasteiger partial charge on any atom is 0.358 e. The molecule has 10 heteroatoms. The van der Waals surface area contributed by atoms with Crippen LogP contribution in [0.4, 0.5) is 5.82 Å². The van der Waals surface area contributed by atoms with E-state index < -0.39 is 11.9 Å². The lowest BCUT2D eigenvalue weighted by molar-refractivity contribution is -0.117. The molecule has 10 nitrogen and oxygen atoms in total. The van der Waals surface area contributed by atoms with Crippen molar-refractivity contribution < 1.29 is 19.2 Å². The Hall–Kier alpha value is -2.75. The van der Waals surface area contributed by atoms with E-state index in [0.29, 0.717) is 11.5 Å². The summed E-state index contributed by atoms with van der Waals surface area (Å²) in [6, 6.07) is 1.56. The minimum Gasteiger partial charge on any atom is -0.476 e. The normalized spacial score (nSPS) is 10.6. The number of amides is 1. The number of carbonyl (C=O) groups is 2. The highest BCUT2D eigenvalue weighted by Gasteiger charge is 2.20. The number of carboxylic acid groups (broad SMARTS) is 1. The van der Waals surface area contributed by atoms with E-state index in [9.17, 15) is 9.59 Å². The molecule has 0 saturated heterocycles. The van der Waals surface area contributed by atoms with E-state index in [1.807, 2.05) is 0 Å². The molecule has 2 heterocycles. The lowest BCUT2D eigenvalue weighted by atomic mass is 10.2. The minimum atomic E-state index is -1.21. The number of rotatable bonds is 6. The molecule has 0 unspecified atom stereocenters. The molecule has 0 aliphatic carbocycles. The van der Waals surface area contributed by atoms with Crippen LogP contribution in [0.15, 0.2) is 10.6 Å². The third-order valence-corrected chi connectivity index (χ3v) is 2.61. The summed E-state index contributed by atoms with van der Waals surface area (Å²) in [6.07, 6.45) is 0.255. The predicted molar refractivity (Wildman–Crippen MR) is 69.6 cm³/mol. The smallest absolute Gasteiger partial charge is 0.358 e. The molecule has 0 atom stereocenters. The van der Waals surface area contributed by atoms with Gasteiger partial charge in [-0.2, -0.15) is 0 Å². The molecule has 0 aliphatic heterocycles. The molecule has 112 valence electrons. The van der Waals surface area contributed by atoms with Gasteiger partial charge in [-0.15, -0.1) is 5.10 Å². The lowest BCUT2D eigenvalue weighted by Crippen LogP contribution is -2.22. The number of hydrogen-bond donors (Lipinski definition) is 3. The highest BCUT2D eigenvalue weighted by Crippen LogP contribution is 2.09. The first-order valence-corrected chi connectivity index (χ1v) is 6.10. The van der Waals surface area contributed by atoms with Gasteiger partial charge in [-0.25, -0.2) is 9.48 Å². The average Bonchev–Trinajstić information content (AvgIpc) is 2.97. The molecule has 1 amide bonds. The summed E-state index contributed by atoms with van der Waals surface area (Å²) in [5.41, 5.74) is 5.53. The molecule has 0 bridgehead atoms. The fourth-order valence-electron chi connectivity index (χ4n) is 1.75. The monoisotopic (exact) mass is 294 g/mol. The number of anilines is 1. The van der Waals surface area contributed by atoms with Crippen LogP contribution in [-0.2, 0) is 17.8 Å². The molecular weight excluding hydrogens is 280 g/mol. The molecule has 0 fully saturated rings. The standard InChI is InChI=1S/C11H14N6O4/c1-6-4-8(15-21-6)13-9(18)5-17-7(2-3-12)10(11(19)20)14-16-17/h4H,2-3,5,12H2,1H3,(H,19,20)(H,13,15,18). The summed E-state index contributed by atoms with van der Waals surface area (Å²) in [5.74, 6) is -0.805. The highest BCUT2D eigenvalue weighted by atomic mass is 16.5. The van der Waals surface area contributed by atoms with Crippen LogP contribution in [-0.4, -0.2) is 43.7 Å². The number of aromatic nitrogens is 4. The van der Waals surface area contributed by atoms with Gasteiger partial charge in [0.1, 0.15) is 12.3 Å². The van der Waals surface area contributed by atoms with Gasteiger partial charge in [-0.3, -0.25) is 4.79 Å². The Bertz CT molecular complexity index is 661. The Labute approximate surface area is 118 Å². The Balaban J connectivity index is 2.11. The largest absolute Gasteiger partial charge is 0.476 e. The van der Waals surface area contributed by atoms with Gasteiger partial charge >= 0.3 is 5.97 Å². The van der Waals surface area contributed by atoms with Crippen molar-refractivity contribution in [1.82, 2.24) is 20.2 Å². The third-order valence-electron chi connectivity index (χ3n) is 2.61. The van der Waals surface area contributed by atoms with Crippen molar-refractivity contribution in [2.45, 2.75) is 19.9 Å². The molecule has 2 aromatic heterocycles. The quantitative estimate of drug-likeness (QED) is 0.640. The molecule has 0 aromatic carbocycles. The van der Waals surface area contributed by atoms with Crippen molar-refractivity contribution in [2.24, 2.45) is 5.73 Å². The van der Waals surface area contributed by atoms with E-state index in [4.69, 9.17) is 15.4 Å². The van der Waals surface area contributed by atoms with Crippen molar-refractivity contribution in [3.8, 4) is 0 Å². The fourth-order valence-corrected chi connectivity index (χ4v) is 1.75. The van der Waals surface area contributed by atoms with Crippen LogP contribution in [0.2, 0.25) is 0 Å². The Kier molecular flexibility index (Phi) is 4.28. The molecular formula is C11H14N6O4. The zero-order valence-corrected chi connectivity index (χ0v) is 11.2. The second-order valence-electron chi connectivity index (χ2n) is 4.26. The Morgan fingerprint density at radius 2 is 2.29 bits per heavy atom. The van der Waals surface area contributed by atoms with Crippen LogP contribution in [0.1, 0.15) is 21.9 Å². The van der Waals surface area contributed by atoms with E-state index in [2.05, 4.69) is 20.8 Å². The van der Waals surface area contributed by atoms with E-state index in [-0.39, 0.29) is 31.0 Å². The second kappa shape index (κ2) is 6.13. The number of carboxylic acids is 1. The molecule has 0 aliphatic rings. The van der Waals surface area contributed by atoms with Gasteiger partial charge in [0.05, 0.1) is 5.69 Å². The van der Waals surface area contributed by atoms with Gasteiger partial charge in [0, 0.05) is 12.5 Å². The van der Waals surface area contributed by atoms with Crippen molar-refractivity contribution >= 4 is 17.7 Å². The number of carbonyl (C=O) groups excluding carboxylic acids is 1. The summed E-state index contributed by atoms with van der Waals surface area (Å²) < 4.78 is 6.03. The summed E-state index contributed by atoms with van der Waals surface area (Å²) in [6.45, 7) is 1.72. The second-order valence-corrected chi connectivity index (χ2v) is 4.26. The van der Waals surface area contributed by atoms with Crippen molar-refractivity contribution in [3.05, 3.63) is 23.2 Å². The molecule has 0 spiro atoms. The summed E-state index contributed by atoms with van der Waals surface area (Å²) >= 11 is 0. The van der Waals surface area contributed by atoms with Gasteiger partial charge in [0.15, 0.2) is 11.5 Å². The summed E-state index contributed by atoms with van der Waals surface area (Å²) in [5, 5.41) is 22.3. The van der Waals surface area contributed by atoms with Crippen LogP contribution < -0.4 is 11.1 Å². The third kappa shape index (κ3) is 3.42. The highest BCUT2D eigenvalue weighted by molar-refractivity contribution is 5.90. The van der Waals surface area contributed by atoms with Crippen molar-refractivity contribution in [1.29, 1.82) is 0 Å². The van der Waals surface area contributed by atoms with E-state index in [1.165, 1.54) is 4.68 Å². The first-order valence-electron chi connectivity index (χ1n) is 6.10. The zero-order chi connectivity index (χ0) is 15.4. The molecule has 0 radical (unpaired) electrons. The van der Waals surface area contributed by atoms with E-state index in [0.717, 1.165) is 0 Å². The molecule has 2 rings (SSSR count). The van der Waals surface area contributed by atoms with Gasteiger partial charge < -0.3 is 20.7 Å². The molecule has 4 N–H and O–H groups in total. The van der Waals surface area contributed by atoms with E-state index in [1.54, 1.807) is 13.0 Å². The summed E-state index contributed by atoms with van der Waals surface area (Å²) in [4.78, 5) is 22.9. The molecule has 2 aromatic rings. The van der Waals surface area contributed by atoms with Gasteiger partial charge in [-0.1, -0.05) is 10.4 Å². The minimum absolute atomic E-state index is 0.193. The van der Waals surface area contributed by atoms with Crippen molar-refractivity contribution in [2.75, 3.05) is 11.9 Å². The maximum absolute atomic E-state index is 11.9. The number of nitrogens with one attached hydrogen (secondary N) is 1. The number of aryl methyl sites for hydroxylation is 1. The number of nitrogens with two attached hydrogens (primary N) is 1. The first kappa shape index (κ1) is 14.7. The SMILES string of the molecule is Cc1cc(NC(=O)Cn2nnc(C(=O)O)c2CCN)no1. The summed E-state index contributed by atoms with van der Waals surface area (Å²) in [7, 11) is 0. The fraction of sp³-hybridized carbons (Fsp3) is 0.364. The zero-order valence-electron chi connectivity index (χ0n) is 11.2. The number of nitrogens with zero attached hydrogens (tertiary/aromatic N) is 4. The van der Waals surface area contributed by atoms with E-state index >= 15 is 0 Å². The van der Waals surface area contributed by atoms with Crippen LogP contribution in [0.3, 0.4) is 0 Å². The maximum atomic E-state index is 11.9.